The maximum Gasteiger partial charge on any atom is 0.326 e. The van der Waals surface area contributed by atoms with Gasteiger partial charge in [0.25, 0.3) is 0 Å². The van der Waals surface area contributed by atoms with E-state index < -0.39 is 11.5 Å². The van der Waals surface area contributed by atoms with E-state index in [0.29, 0.717) is 19.3 Å². The van der Waals surface area contributed by atoms with Crippen molar-refractivity contribution in [2.24, 2.45) is 5.92 Å². The number of aliphatic carboxylic acids is 1. The second-order valence-electron chi connectivity index (χ2n) is 4.61. The number of hydrogen-bond acceptors (Lipinski definition) is 3. The van der Waals surface area contributed by atoms with E-state index in [9.17, 15) is 9.90 Å². The van der Waals surface area contributed by atoms with Crippen molar-refractivity contribution in [2.45, 2.75) is 44.2 Å². The molecule has 0 bridgehead atoms. The van der Waals surface area contributed by atoms with Crippen LogP contribution in [0.15, 0.2) is 0 Å². The summed E-state index contributed by atoms with van der Waals surface area (Å²) >= 11 is 0. The Morgan fingerprint density at radius 3 is 2.53 bits per heavy atom. The van der Waals surface area contributed by atoms with E-state index in [0.717, 1.165) is 25.7 Å². The Balaban J connectivity index is 2.04. The van der Waals surface area contributed by atoms with Crippen molar-refractivity contribution in [3.8, 4) is 0 Å². The zero-order valence-electron chi connectivity index (χ0n) is 9.16. The first-order valence-corrected chi connectivity index (χ1v) is 5.78. The molecule has 0 amide bonds. The molecule has 0 aromatic rings. The number of nitrogens with one attached hydrogen (secondary N) is 1. The lowest BCUT2D eigenvalue weighted by molar-refractivity contribution is -0.149. The molecule has 0 aromatic heterocycles. The molecule has 2 saturated carbocycles. The average molecular weight is 213 g/mol. The van der Waals surface area contributed by atoms with E-state index >= 15 is 0 Å². The molecule has 1 atom stereocenters. The Morgan fingerprint density at radius 2 is 2.13 bits per heavy atom. The highest BCUT2D eigenvalue weighted by Crippen LogP contribution is 2.42. The molecule has 2 aliphatic rings. The minimum absolute atomic E-state index is 0.266. The molecule has 2 aliphatic carbocycles. The number of carboxylic acid groups (broad SMARTS) is 1. The molecule has 15 heavy (non-hydrogen) atoms. The van der Waals surface area contributed by atoms with Crippen LogP contribution in [0, 0.1) is 5.92 Å². The van der Waals surface area contributed by atoms with Gasteiger partial charge in [0.1, 0.15) is 5.54 Å². The van der Waals surface area contributed by atoms with E-state index in [1.165, 1.54) is 0 Å². The summed E-state index contributed by atoms with van der Waals surface area (Å²) in [7, 11) is 0. The van der Waals surface area contributed by atoms with Gasteiger partial charge in [-0.2, -0.15) is 0 Å². The third-order valence-corrected chi connectivity index (χ3v) is 3.23. The summed E-state index contributed by atoms with van der Waals surface area (Å²) in [4.78, 5) is 11.4. The third-order valence-electron chi connectivity index (χ3n) is 3.23. The Kier molecular flexibility index (Phi) is 2.98. The summed E-state index contributed by atoms with van der Waals surface area (Å²) in [5.41, 5.74) is -0.808. The Morgan fingerprint density at radius 1 is 1.47 bits per heavy atom. The summed E-state index contributed by atoms with van der Waals surface area (Å²) in [6, 6.07) is 0.405. The maximum atomic E-state index is 11.4. The smallest absolute Gasteiger partial charge is 0.326 e. The van der Waals surface area contributed by atoms with Crippen LogP contribution >= 0.6 is 0 Å². The first-order valence-electron chi connectivity index (χ1n) is 5.78. The molecule has 4 heteroatoms. The molecule has 2 rings (SSSR count). The quantitative estimate of drug-likeness (QED) is 0.662. The van der Waals surface area contributed by atoms with Crippen LogP contribution in [0.2, 0.25) is 0 Å². The van der Waals surface area contributed by atoms with Crippen LogP contribution in [0.5, 0.6) is 0 Å². The molecular weight excluding hydrogens is 194 g/mol. The van der Waals surface area contributed by atoms with Crippen molar-refractivity contribution >= 4 is 5.97 Å². The van der Waals surface area contributed by atoms with Gasteiger partial charge in [-0.25, -0.2) is 0 Å². The molecule has 0 aromatic carbocycles. The Hall–Kier alpha value is -0.610. The van der Waals surface area contributed by atoms with Crippen LogP contribution < -0.4 is 5.32 Å². The van der Waals surface area contributed by atoms with Crippen molar-refractivity contribution in [2.75, 3.05) is 13.2 Å². The Bertz CT molecular complexity index is 248. The molecule has 1 unspecified atom stereocenters. The van der Waals surface area contributed by atoms with Gasteiger partial charge >= 0.3 is 5.97 Å². The third kappa shape index (κ3) is 2.32. The number of ether oxygens (including phenoxy) is 1. The second kappa shape index (κ2) is 4.10. The van der Waals surface area contributed by atoms with Gasteiger partial charge in [0.05, 0.1) is 6.61 Å². The van der Waals surface area contributed by atoms with Gasteiger partial charge in [-0.1, -0.05) is 0 Å². The fraction of sp³-hybridized carbons (Fsp3) is 0.909. The molecule has 0 saturated heterocycles. The van der Waals surface area contributed by atoms with Gasteiger partial charge in [-0.3, -0.25) is 10.1 Å². The van der Waals surface area contributed by atoms with Gasteiger partial charge in [0.2, 0.25) is 0 Å². The van der Waals surface area contributed by atoms with Gasteiger partial charge < -0.3 is 9.84 Å². The highest BCUT2D eigenvalue weighted by molar-refractivity contribution is 5.80. The number of carboxylic acids is 1. The van der Waals surface area contributed by atoms with Crippen molar-refractivity contribution in [3.63, 3.8) is 0 Å². The highest BCUT2D eigenvalue weighted by atomic mass is 16.5. The fourth-order valence-electron chi connectivity index (χ4n) is 2.01. The topological polar surface area (TPSA) is 58.6 Å². The monoisotopic (exact) mass is 213 g/mol. The Labute approximate surface area is 90.0 Å². The molecule has 0 heterocycles. The summed E-state index contributed by atoms with van der Waals surface area (Å²) in [6.07, 6.45) is 4.24. The minimum atomic E-state index is -0.808. The summed E-state index contributed by atoms with van der Waals surface area (Å²) in [5.74, 6) is -0.479. The average Bonchev–Trinajstić information content (AvgIpc) is 3.00. The van der Waals surface area contributed by atoms with Crippen LogP contribution in [0.1, 0.15) is 32.6 Å². The van der Waals surface area contributed by atoms with Crippen LogP contribution in [0.4, 0.5) is 0 Å². The summed E-state index contributed by atoms with van der Waals surface area (Å²) in [6.45, 7) is 2.78. The number of rotatable bonds is 7. The van der Waals surface area contributed by atoms with E-state index in [-0.39, 0.29) is 5.92 Å². The standard InChI is InChI=1S/C11H19NO3/c1-2-15-7-11(10(13)14,8-3-4-8)12-9-5-6-9/h8-9,12H,2-7H2,1H3,(H,13,14). The largest absolute Gasteiger partial charge is 0.480 e. The fourth-order valence-corrected chi connectivity index (χ4v) is 2.01. The molecule has 4 nitrogen and oxygen atoms in total. The molecule has 2 fully saturated rings. The molecule has 0 aliphatic heterocycles. The second-order valence-corrected chi connectivity index (χ2v) is 4.61. The van der Waals surface area contributed by atoms with Crippen LogP contribution in [0.25, 0.3) is 0 Å². The maximum absolute atomic E-state index is 11.4. The first kappa shape index (κ1) is 10.9. The molecule has 0 radical (unpaired) electrons. The van der Waals surface area contributed by atoms with Crippen molar-refractivity contribution in [3.05, 3.63) is 0 Å². The zero-order valence-corrected chi connectivity index (χ0v) is 9.16. The molecule has 0 spiro atoms. The summed E-state index contributed by atoms with van der Waals surface area (Å²) in [5, 5.41) is 12.7. The number of carbonyl (C=O) groups is 1. The van der Waals surface area contributed by atoms with Gasteiger partial charge in [-0.05, 0) is 38.5 Å². The van der Waals surface area contributed by atoms with Gasteiger partial charge in [-0.15, -0.1) is 0 Å². The molecular formula is C11H19NO3. The number of hydrogen-bond donors (Lipinski definition) is 2. The molecule has 86 valence electrons. The van der Waals surface area contributed by atoms with Crippen molar-refractivity contribution < 1.29 is 14.6 Å². The lowest BCUT2D eigenvalue weighted by Crippen LogP contribution is -2.58. The van der Waals surface area contributed by atoms with Crippen LogP contribution in [-0.2, 0) is 9.53 Å². The molecule has 2 N–H and O–H groups in total. The minimum Gasteiger partial charge on any atom is -0.480 e. The van der Waals surface area contributed by atoms with Gasteiger partial charge in [0, 0.05) is 12.6 Å². The lowest BCUT2D eigenvalue weighted by Gasteiger charge is -2.30. The van der Waals surface area contributed by atoms with Crippen molar-refractivity contribution in [1.29, 1.82) is 0 Å². The first-order chi connectivity index (χ1) is 7.19. The zero-order chi connectivity index (χ0) is 10.9. The van der Waals surface area contributed by atoms with E-state index in [1.54, 1.807) is 0 Å². The van der Waals surface area contributed by atoms with Gasteiger partial charge in [0.15, 0.2) is 0 Å². The normalized spacial score (nSPS) is 24.9. The van der Waals surface area contributed by atoms with E-state index in [4.69, 9.17) is 4.74 Å². The highest BCUT2D eigenvalue weighted by Gasteiger charge is 2.53. The van der Waals surface area contributed by atoms with Crippen molar-refractivity contribution in [1.82, 2.24) is 5.32 Å². The lowest BCUT2D eigenvalue weighted by atomic mass is 9.94. The van der Waals surface area contributed by atoms with E-state index in [2.05, 4.69) is 5.32 Å². The van der Waals surface area contributed by atoms with E-state index in [1.807, 2.05) is 6.92 Å². The van der Waals surface area contributed by atoms with Crippen LogP contribution in [0.3, 0.4) is 0 Å². The van der Waals surface area contributed by atoms with Crippen LogP contribution in [-0.4, -0.2) is 35.9 Å². The predicted octanol–water partition coefficient (Wildman–Crippen LogP) is 1.01. The summed E-state index contributed by atoms with van der Waals surface area (Å²) < 4.78 is 5.35. The SMILES string of the molecule is CCOCC(NC1CC1)(C(=O)O)C1CC1. The predicted molar refractivity (Wildman–Crippen MR) is 55.7 cm³/mol.